The first kappa shape index (κ1) is 18.2. The number of hydrogen-bond acceptors (Lipinski definition) is 5. The van der Waals surface area contributed by atoms with E-state index in [9.17, 15) is 14.0 Å². The Morgan fingerprint density at radius 1 is 1.11 bits per heavy atom. The van der Waals surface area contributed by atoms with Gasteiger partial charge in [-0.1, -0.05) is 30.3 Å². The molecule has 0 spiro atoms. The summed E-state index contributed by atoms with van der Waals surface area (Å²) in [5, 5.41) is 2.60. The summed E-state index contributed by atoms with van der Waals surface area (Å²) in [7, 11) is 1.48. The highest BCUT2D eigenvalue weighted by molar-refractivity contribution is 6.03. The van der Waals surface area contributed by atoms with Crippen molar-refractivity contribution in [3.8, 4) is 11.5 Å². The molecule has 138 valence electrons. The molecule has 0 atom stereocenters. The predicted molar refractivity (Wildman–Crippen MR) is 96.7 cm³/mol. The van der Waals surface area contributed by atoms with E-state index < -0.39 is 17.2 Å². The molecule has 7 heteroatoms. The van der Waals surface area contributed by atoms with Crippen LogP contribution < -0.4 is 20.2 Å². The fraction of sp³-hybridized carbons (Fsp3) is 0.100. The van der Waals surface area contributed by atoms with Crippen molar-refractivity contribution in [2.75, 3.05) is 12.4 Å². The predicted octanol–water partition coefficient (Wildman–Crippen LogP) is 3.62. The van der Waals surface area contributed by atoms with Crippen molar-refractivity contribution in [1.29, 1.82) is 0 Å². The van der Waals surface area contributed by atoms with Crippen molar-refractivity contribution in [2.45, 2.75) is 6.61 Å². The van der Waals surface area contributed by atoms with Crippen LogP contribution in [0.1, 0.15) is 16.1 Å². The fourth-order valence-corrected chi connectivity index (χ4v) is 2.33. The third kappa shape index (κ3) is 4.33. The number of nitrogens with one attached hydrogen (secondary N) is 1. The zero-order valence-electron chi connectivity index (χ0n) is 14.4. The number of carbonyl (C=O) groups excluding carboxylic acids is 1. The second-order valence-corrected chi connectivity index (χ2v) is 5.51. The Kier molecular flexibility index (Phi) is 5.51. The van der Waals surface area contributed by atoms with E-state index in [1.165, 1.54) is 13.2 Å². The number of hydrogen-bond donors (Lipinski definition) is 1. The van der Waals surface area contributed by atoms with Crippen molar-refractivity contribution in [1.82, 2.24) is 0 Å². The van der Waals surface area contributed by atoms with Crippen molar-refractivity contribution < 1.29 is 23.1 Å². The Bertz CT molecular complexity index is 1020. The van der Waals surface area contributed by atoms with E-state index in [1.54, 1.807) is 42.5 Å². The number of methoxy groups -OCH3 is 1. The van der Waals surface area contributed by atoms with Crippen LogP contribution in [0.4, 0.5) is 10.1 Å². The Balaban J connectivity index is 1.71. The number of amides is 1. The topological polar surface area (TPSA) is 77.8 Å². The zero-order chi connectivity index (χ0) is 19.2. The van der Waals surface area contributed by atoms with Crippen molar-refractivity contribution >= 4 is 11.6 Å². The molecule has 3 rings (SSSR count). The van der Waals surface area contributed by atoms with E-state index in [0.717, 1.165) is 12.3 Å². The van der Waals surface area contributed by atoms with Crippen LogP contribution in [0, 0.1) is 5.82 Å². The molecule has 0 unspecified atom stereocenters. The highest BCUT2D eigenvalue weighted by Crippen LogP contribution is 2.23. The van der Waals surface area contributed by atoms with Gasteiger partial charge in [0.25, 0.3) is 5.91 Å². The van der Waals surface area contributed by atoms with Crippen LogP contribution in [0.2, 0.25) is 0 Å². The standard InChI is InChI=1S/C20H16FNO5/c1-25-17-9-5-4-8-15(17)22-20(24)18-10-16(23)19(12-27-18)26-11-13-6-2-3-7-14(13)21/h2-10,12H,11H2,1H3,(H,22,24). The molecule has 3 aromatic rings. The van der Waals surface area contributed by atoms with Crippen LogP contribution in [0.15, 0.2) is 70.1 Å². The van der Waals surface area contributed by atoms with Gasteiger partial charge < -0.3 is 19.2 Å². The van der Waals surface area contributed by atoms with E-state index in [4.69, 9.17) is 13.9 Å². The zero-order valence-corrected chi connectivity index (χ0v) is 14.4. The monoisotopic (exact) mass is 369 g/mol. The third-order valence-corrected chi connectivity index (χ3v) is 3.72. The summed E-state index contributed by atoms with van der Waals surface area (Å²) >= 11 is 0. The van der Waals surface area contributed by atoms with Crippen LogP contribution in [-0.4, -0.2) is 13.0 Å². The van der Waals surface area contributed by atoms with Gasteiger partial charge in [-0.2, -0.15) is 0 Å². The molecule has 0 saturated heterocycles. The molecule has 1 aromatic heterocycles. The molecule has 1 heterocycles. The van der Waals surface area contributed by atoms with E-state index >= 15 is 0 Å². The van der Waals surface area contributed by atoms with Gasteiger partial charge in [-0.25, -0.2) is 4.39 Å². The Morgan fingerprint density at radius 3 is 2.59 bits per heavy atom. The van der Waals surface area contributed by atoms with Crippen molar-refractivity contribution in [2.24, 2.45) is 0 Å². The minimum atomic E-state index is -0.614. The van der Waals surface area contributed by atoms with Gasteiger partial charge in [-0.05, 0) is 18.2 Å². The van der Waals surface area contributed by atoms with Gasteiger partial charge in [-0.15, -0.1) is 0 Å². The summed E-state index contributed by atoms with van der Waals surface area (Å²) in [6.07, 6.45) is 1.03. The molecule has 0 fully saturated rings. The van der Waals surface area contributed by atoms with E-state index in [2.05, 4.69) is 5.32 Å². The first-order valence-corrected chi connectivity index (χ1v) is 8.02. The van der Waals surface area contributed by atoms with Crippen molar-refractivity contribution in [3.63, 3.8) is 0 Å². The summed E-state index contributed by atoms with van der Waals surface area (Å²) < 4.78 is 29.2. The summed E-state index contributed by atoms with van der Waals surface area (Å²) in [5.41, 5.74) is 0.185. The molecule has 27 heavy (non-hydrogen) atoms. The van der Waals surface area contributed by atoms with E-state index in [0.29, 0.717) is 17.0 Å². The molecule has 0 saturated carbocycles. The Hall–Kier alpha value is -3.61. The maximum absolute atomic E-state index is 13.6. The molecule has 1 amide bonds. The second-order valence-electron chi connectivity index (χ2n) is 5.51. The lowest BCUT2D eigenvalue weighted by Gasteiger charge is -2.09. The number of benzene rings is 2. The summed E-state index contributed by atoms with van der Waals surface area (Å²) in [6, 6.07) is 13.9. The molecule has 0 radical (unpaired) electrons. The lowest BCUT2D eigenvalue weighted by Crippen LogP contribution is -2.16. The smallest absolute Gasteiger partial charge is 0.291 e. The molecule has 6 nitrogen and oxygen atoms in total. The number of anilines is 1. The largest absolute Gasteiger partial charge is 0.495 e. The first-order chi connectivity index (χ1) is 13.1. The average molecular weight is 369 g/mol. The Morgan fingerprint density at radius 2 is 1.85 bits per heavy atom. The van der Waals surface area contributed by atoms with Crippen LogP contribution in [-0.2, 0) is 6.61 Å². The number of carbonyl (C=O) groups is 1. The van der Waals surface area contributed by atoms with Gasteiger partial charge in [0.05, 0.1) is 12.8 Å². The third-order valence-electron chi connectivity index (χ3n) is 3.72. The lowest BCUT2D eigenvalue weighted by molar-refractivity contribution is 0.0993. The second kappa shape index (κ2) is 8.18. The summed E-state index contributed by atoms with van der Waals surface area (Å²) in [4.78, 5) is 24.4. The van der Waals surface area contributed by atoms with Crippen molar-refractivity contribution in [3.05, 3.63) is 88.2 Å². The van der Waals surface area contributed by atoms with E-state index in [-0.39, 0.29) is 18.1 Å². The first-order valence-electron chi connectivity index (χ1n) is 8.02. The van der Waals surface area contributed by atoms with Gasteiger partial charge in [-0.3, -0.25) is 9.59 Å². The summed E-state index contributed by atoms with van der Waals surface area (Å²) in [6.45, 7) is -0.135. The van der Waals surface area contributed by atoms with E-state index in [1.807, 2.05) is 0 Å². The normalized spacial score (nSPS) is 10.3. The fourth-order valence-electron chi connectivity index (χ4n) is 2.33. The molecule has 0 bridgehead atoms. The molecular formula is C20H16FNO5. The average Bonchev–Trinajstić information content (AvgIpc) is 2.68. The SMILES string of the molecule is COc1ccccc1NC(=O)c1cc(=O)c(OCc2ccccc2F)co1. The lowest BCUT2D eigenvalue weighted by atomic mass is 10.2. The highest BCUT2D eigenvalue weighted by atomic mass is 19.1. The number of para-hydroxylation sites is 2. The molecule has 0 aliphatic rings. The van der Waals surface area contributed by atoms with Crippen LogP contribution >= 0.6 is 0 Å². The Labute approximate surface area is 154 Å². The number of halogens is 1. The molecule has 0 aliphatic heterocycles. The molecular weight excluding hydrogens is 353 g/mol. The minimum Gasteiger partial charge on any atom is -0.495 e. The van der Waals surface area contributed by atoms with Gasteiger partial charge in [0.2, 0.25) is 11.2 Å². The number of rotatable bonds is 6. The van der Waals surface area contributed by atoms with Gasteiger partial charge in [0, 0.05) is 11.6 Å². The molecule has 1 N–H and O–H groups in total. The molecule has 2 aromatic carbocycles. The van der Waals surface area contributed by atoms with Crippen LogP contribution in [0.25, 0.3) is 0 Å². The maximum atomic E-state index is 13.6. The molecule has 0 aliphatic carbocycles. The maximum Gasteiger partial charge on any atom is 0.291 e. The van der Waals surface area contributed by atoms with Gasteiger partial charge in [0.1, 0.15) is 24.4 Å². The summed E-state index contributed by atoms with van der Waals surface area (Å²) in [5.74, 6) is -0.888. The number of ether oxygens (including phenoxy) is 2. The van der Waals surface area contributed by atoms with Gasteiger partial charge >= 0.3 is 0 Å². The minimum absolute atomic E-state index is 0.118. The van der Waals surface area contributed by atoms with Crippen LogP contribution in [0.3, 0.4) is 0 Å². The highest BCUT2D eigenvalue weighted by Gasteiger charge is 2.14. The van der Waals surface area contributed by atoms with Gasteiger partial charge in [0.15, 0.2) is 5.76 Å². The quantitative estimate of drug-likeness (QED) is 0.718. The van der Waals surface area contributed by atoms with Crippen LogP contribution in [0.5, 0.6) is 11.5 Å².